The Bertz CT molecular complexity index is 740. The number of nitrogens with zero attached hydrogens (tertiary/aromatic N) is 2. The van der Waals surface area contributed by atoms with Crippen molar-refractivity contribution in [1.29, 1.82) is 0 Å². The van der Waals surface area contributed by atoms with Gasteiger partial charge in [-0.2, -0.15) is 0 Å². The average molecular weight is 342 g/mol. The number of carbonyl (C=O) groups is 2. The molecule has 2 aromatic rings. The highest BCUT2D eigenvalue weighted by Gasteiger charge is 2.24. The first kappa shape index (κ1) is 16.7. The van der Waals surface area contributed by atoms with E-state index in [2.05, 4.69) is 0 Å². The van der Waals surface area contributed by atoms with Crippen LogP contribution >= 0.6 is 11.3 Å². The van der Waals surface area contributed by atoms with Crippen molar-refractivity contribution < 1.29 is 9.59 Å². The van der Waals surface area contributed by atoms with Crippen molar-refractivity contribution in [2.45, 2.75) is 20.3 Å². The minimum atomic E-state index is 0.0588. The number of amides is 2. The fraction of sp³-hybridized carbons (Fsp3) is 0.368. The van der Waals surface area contributed by atoms with Gasteiger partial charge in [0.05, 0.1) is 4.88 Å². The Morgan fingerprint density at radius 2 is 1.62 bits per heavy atom. The van der Waals surface area contributed by atoms with Crippen LogP contribution in [-0.4, -0.2) is 47.8 Å². The summed E-state index contributed by atoms with van der Waals surface area (Å²) < 4.78 is 0. The maximum absolute atomic E-state index is 12.7. The quantitative estimate of drug-likeness (QED) is 0.840. The van der Waals surface area contributed by atoms with Crippen molar-refractivity contribution in [1.82, 2.24) is 9.80 Å². The van der Waals surface area contributed by atoms with Gasteiger partial charge in [0.25, 0.3) is 11.8 Å². The second-order valence-electron chi connectivity index (χ2n) is 6.21. The lowest BCUT2D eigenvalue weighted by Gasteiger charge is -2.22. The molecule has 1 saturated heterocycles. The fourth-order valence-electron chi connectivity index (χ4n) is 2.94. The minimum Gasteiger partial charge on any atom is -0.337 e. The van der Waals surface area contributed by atoms with E-state index in [9.17, 15) is 9.59 Å². The first-order chi connectivity index (χ1) is 11.6. The standard InChI is InChI=1S/C19H22N2O2S/c1-14-6-7-16(13-15(14)2)18(22)20-8-4-9-21(11-10-20)19(23)17-5-3-12-24-17/h3,5-7,12-13H,4,8-11H2,1-2H3. The van der Waals surface area contributed by atoms with E-state index in [1.807, 2.05) is 59.4 Å². The van der Waals surface area contributed by atoms with Crippen molar-refractivity contribution in [2.24, 2.45) is 0 Å². The molecule has 0 saturated carbocycles. The maximum Gasteiger partial charge on any atom is 0.263 e. The predicted molar refractivity (Wildman–Crippen MR) is 96.7 cm³/mol. The summed E-state index contributed by atoms with van der Waals surface area (Å²) in [5.41, 5.74) is 3.05. The van der Waals surface area contributed by atoms with Gasteiger partial charge >= 0.3 is 0 Å². The summed E-state index contributed by atoms with van der Waals surface area (Å²) in [4.78, 5) is 29.7. The lowest BCUT2D eigenvalue weighted by molar-refractivity contribution is 0.0721. The van der Waals surface area contributed by atoms with Gasteiger partial charge in [-0.25, -0.2) is 0 Å². The smallest absolute Gasteiger partial charge is 0.263 e. The summed E-state index contributed by atoms with van der Waals surface area (Å²) >= 11 is 1.47. The van der Waals surface area contributed by atoms with Crippen LogP contribution in [0.4, 0.5) is 0 Å². The molecule has 1 aromatic heterocycles. The van der Waals surface area contributed by atoms with Gasteiger partial charge in [-0.1, -0.05) is 12.1 Å². The number of hydrogen-bond donors (Lipinski definition) is 0. The Labute approximate surface area is 146 Å². The summed E-state index contributed by atoms with van der Waals surface area (Å²) in [5, 5.41) is 1.92. The third kappa shape index (κ3) is 3.51. The van der Waals surface area contributed by atoms with Crippen LogP contribution in [0.2, 0.25) is 0 Å². The van der Waals surface area contributed by atoms with Crippen LogP contribution in [0.3, 0.4) is 0 Å². The van der Waals surface area contributed by atoms with Crippen molar-refractivity contribution in [3.8, 4) is 0 Å². The number of rotatable bonds is 2. The van der Waals surface area contributed by atoms with Crippen LogP contribution in [0.1, 0.15) is 37.6 Å². The molecule has 1 aliphatic rings. The molecule has 0 spiro atoms. The molecular formula is C19H22N2O2S. The lowest BCUT2D eigenvalue weighted by atomic mass is 10.1. The van der Waals surface area contributed by atoms with Gasteiger partial charge in [0.1, 0.15) is 0 Å². The number of benzene rings is 1. The van der Waals surface area contributed by atoms with Crippen molar-refractivity contribution in [2.75, 3.05) is 26.2 Å². The summed E-state index contributed by atoms with van der Waals surface area (Å²) in [6.07, 6.45) is 0.813. The second kappa shape index (κ2) is 7.18. The molecule has 2 heterocycles. The summed E-state index contributed by atoms with van der Waals surface area (Å²) in [5.74, 6) is 0.133. The number of thiophene rings is 1. The van der Waals surface area contributed by atoms with Gasteiger partial charge < -0.3 is 9.80 Å². The Kier molecular flexibility index (Phi) is 5.00. The molecule has 1 aromatic carbocycles. The van der Waals surface area contributed by atoms with Gasteiger partial charge in [-0.15, -0.1) is 11.3 Å². The van der Waals surface area contributed by atoms with E-state index >= 15 is 0 Å². The molecule has 5 heteroatoms. The summed E-state index contributed by atoms with van der Waals surface area (Å²) in [6, 6.07) is 9.59. The zero-order valence-electron chi connectivity index (χ0n) is 14.1. The third-order valence-corrected chi connectivity index (χ3v) is 5.41. The molecule has 0 bridgehead atoms. The zero-order chi connectivity index (χ0) is 17.1. The molecule has 4 nitrogen and oxygen atoms in total. The zero-order valence-corrected chi connectivity index (χ0v) is 14.9. The number of carbonyl (C=O) groups excluding carboxylic acids is 2. The highest BCUT2D eigenvalue weighted by molar-refractivity contribution is 7.12. The molecule has 24 heavy (non-hydrogen) atoms. The lowest BCUT2D eigenvalue weighted by Crippen LogP contribution is -2.37. The van der Waals surface area contributed by atoms with E-state index in [4.69, 9.17) is 0 Å². The van der Waals surface area contributed by atoms with Crippen LogP contribution in [0.15, 0.2) is 35.7 Å². The Morgan fingerprint density at radius 1 is 0.917 bits per heavy atom. The highest BCUT2D eigenvalue weighted by atomic mass is 32.1. The van der Waals surface area contributed by atoms with Crippen molar-refractivity contribution in [3.63, 3.8) is 0 Å². The van der Waals surface area contributed by atoms with E-state index in [1.165, 1.54) is 16.9 Å². The predicted octanol–water partition coefficient (Wildman–Crippen LogP) is 3.35. The highest BCUT2D eigenvalue weighted by Crippen LogP contribution is 2.16. The molecule has 126 valence electrons. The fourth-order valence-corrected chi connectivity index (χ4v) is 3.63. The van der Waals surface area contributed by atoms with Gasteiger partial charge in [-0.05, 0) is 55.0 Å². The number of aryl methyl sites for hydroxylation is 2. The monoisotopic (exact) mass is 342 g/mol. The van der Waals surface area contributed by atoms with Crippen LogP contribution < -0.4 is 0 Å². The summed E-state index contributed by atoms with van der Waals surface area (Å²) in [7, 11) is 0. The minimum absolute atomic E-state index is 0.0588. The van der Waals surface area contributed by atoms with Gasteiger partial charge in [0, 0.05) is 31.7 Å². The van der Waals surface area contributed by atoms with Crippen LogP contribution in [0.5, 0.6) is 0 Å². The molecule has 1 fully saturated rings. The molecule has 2 amide bonds. The van der Waals surface area contributed by atoms with Crippen molar-refractivity contribution >= 4 is 23.2 Å². The molecular weight excluding hydrogens is 320 g/mol. The SMILES string of the molecule is Cc1ccc(C(=O)N2CCCN(C(=O)c3cccs3)CC2)cc1C. The van der Waals surface area contributed by atoms with Gasteiger partial charge in [0.15, 0.2) is 0 Å². The van der Waals surface area contributed by atoms with E-state index in [0.29, 0.717) is 26.2 Å². The average Bonchev–Trinajstić information content (AvgIpc) is 3.00. The Morgan fingerprint density at radius 3 is 2.25 bits per heavy atom. The molecule has 0 radical (unpaired) electrons. The Balaban J connectivity index is 1.67. The topological polar surface area (TPSA) is 40.6 Å². The van der Waals surface area contributed by atoms with Crippen LogP contribution in [0, 0.1) is 13.8 Å². The van der Waals surface area contributed by atoms with E-state index in [1.54, 1.807) is 0 Å². The maximum atomic E-state index is 12.7. The normalized spacial score (nSPS) is 15.2. The van der Waals surface area contributed by atoms with E-state index in [-0.39, 0.29) is 11.8 Å². The molecule has 0 N–H and O–H groups in total. The molecule has 0 aliphatic carbocycles. The van der Waals surface area contributed by atoms with Gasteiger partial charge in [0.2, 0.25) is 0 Å². The second-order valence-corrected chi connectivity index (χ2v) is 7.16. The van der Waals surface area contributed by atoms with E-state index in [0.717, 1.165) is 22.4 Å². The molecule has 0 atom stereocenters. The van der Waals surface area contributed by atoms with Gasteiger partial charge in [-0.3, -0.25) is 9.59 Å². The molecule has 0 unspecified atom stereocenters. The first-order valence-electron chi connectivity index (χ1n) is 8.25. The number of hydrogen-bond acceptors (Lipinski definition) is 3. The molecule has 1 aliphatic heterocycles. The van der Waals surface area contributed by atoms with Crippen LogP contribution in [-0.2, 0) is 0 Å². The van der Waals surface area contributed by atoms with Crippen molar-refractivity contribution in [3.05, 3.63) is 57.3 Å². The summed E-state index contributed by atoms with van der Waals surface area (Å²) in [6.45, 7) is 6.64. The van der Waals surface area contributed by atoms with E-state index < -0.39 is 0 Å². The molecule has 3 rings (SSSR count). The van der Waals surface area contributed by atoms with Crippen LogP contribution in [0.25, 0.3) is 0 Å². The first-order valence-corrected chi connectivity index (χ1v) is 9.13. The largest absolute Gasteiger partial charge is 0.337 e. The third-order valence-electron chi connectivity index (χ3n) is 4.56. The Hall–Kier alpha value is -2.14.